The molecule has 0 aromatic rings. The van der Waals surface area contributed by atoms with Crippen molar-refractivity contribution < 1.29 is 4.21 Å². The molecule has 0 heterocycles. The van der Waals surface area contributed by atoms with Crippen LogP contribution in [0.15, 0.2) is 0 Å². The second-order valence-corrected chi connectivity index (χ2v) is 3.93. The summed E-state index contributed by atoms with van der Waals surface area (Å²) in [6.45, 7) is 3.98. The van der Waals surface area contributed by atoms with Crippen LogP contribution in [-0.4, -0.2) is 14.2 Å². The summed E-state index contributed by atoms with van der Waals surface area (Å²) in [5, 5.41) is 0. The number of thioether (sulfide) groups is 1. The average Bonchev–Trinajstić information content (AvgIpc) is 1.89. The van der Waals surface area contributed by atoms with Crippen LogP contribution in [0.2, 0.25) is 0 Å². The summed E-state index contributed by atoms with van der Waals surface area (Å²) in [6, 6.07) is 0. The van der Waals surface area contributed by atoms with Gasteiger partial charge in [0.2, 0.25) is 0 Å². The summed E-state index contributed by atoms with van der Waals surface area (Å²) in [4.78, 5) is 0. The number of rotatable bonds is 2. The Hall–Kier alpha value is -0.200. The molecule has 0 aromatic carbocycles. The Morgan fingerprint density at radius 3 is 2.60 bits per heavy atom. The molecule has 1 nitrogen and oxygen atoms in total. The maximum Gasteiger partial charge on any atom is 0.0993 e. The lowest BCUT2D eigenvalue weighted by atomic mass is 10.3. The first-order valence-corrected chi connectivity index (χ1v) is 4.68. The van der Waals surface area contributed by atoms with Crippen molar-refractivity contribution in [3.8, 4) is 12.3 Å². The van der Waals surface area contributed by atoms with Crippen LogP contribution in [0.3, 0.4) is 0 Å². The van der Waals surface area contributed by atoms with Crippen molar-refractivity contribution in [1.29, 1.82) is 0 Å². The molecule has 0 saturated carbocycles. The van der Waals surface area contributed by atoms with E-state index in [9.17, 15) is 4.21 Å². The van der Waals surface area contributed by atoms with Gasteiger partial charge in [-0.3, -0.25) is 0 Å². The summed E-state index contributed by atoms with van der Waals surface area (Å²) < 4.78 is 11.2. The highest BCUT2D eigenvalue weighted by molar-refractivity contribution is 8.21. The molecule has 0 atom stereocenters. The fourth-order valence-electron chi connectivity index (χ4n) is 0.400. The van der Waals surface area contributed by atoms with E-state index >= 15 is 0 Å². The van der Waals surface area contributed by atoms with E-state index in [0.29, 0.717) is 22.9 Å². The van der Waals surface area contributed by atoms with E-state index in [1.165, 1.54) is 11.8 Å². The maximum atomic E-state index is 10.4. The summed E-state index contributed by atoms with van der Waals surface area (Å²) in [5.74, 6) is 3.40. The van der Waals surface area contributed by atoms with Gasteiger partial charge in [-0.1, -0.05) is 19.8 Å². The molecule has 0 unspecified atom stereocenters. The summed E-state index contributed by atoms with van der Waals surface area (Å²) >= 11 is 2.01. The van der Waals surface area contributed by atoms with Gasteiger partial charge in [-0.05, 0) is 5.92 Å². The predicted molar refractivity (Wildman–Crippen MR) is 49.3 cm³/mol. The van der Waals surface area contributed by atoms with Crippen molar-refractivity contribution in [1.82, 2.24) is 0 Å². The zero-order valence-electron chi connectivity index (χ0n) is 6.09. The summed E-state index contributed by atoms with van der Waals surface area (Å²) in [5.41, 5.74) is 0. The zero-order valence-corrected chi connectivity index (χ0v) is 7.72. The highest BCUT2D eigenvalue weighted by atomic mass is 32.2. The lowest BCUT2D eigenvalue weighted by Crippen LogP contribution is -2.02. The molecule has 0 bridgehead atoms. The highest BCUT2D eigenvalue weighted by Crippen LogP contribution is 2.09. The molecule has 0 spiro atoms. The number of hydrogen-bond donors (Lipinski definition) is 0. The van der Waals surface area contributed by atoms with Gasteiger partial charge in [0.15, 0.2) is 0 Å². The quantitative estimate of drug-likeness (QED) is 0.464. The first-order chi connectivity index (χ1) is 4.72. The van der Waals surface area contributed by atoms with Gasteiger partial charge in [0, 0.05) is 0 Å². The largest absolute Gasteiger partial charge is 0.212 e. The van der Waals surface area contributed by atoms with Gasteiger partial charge in [-0.2, -0.15) is 0 Å². The fraction of sp³-hybridized carbons (Fsp3) is 0.571. The lowest BCUT2D eigenvalue weighted by Gasteiger charge is -2.01. The Morgan fingerprint density at radius 2 is 2.30 bits per heavy atom. The Bertz CT molecular complexity index is 184. The van der Waals surface area contributed by atoms with Crippen LogP contribution in [-0.2, 0) is 11.3 Å². The molecule has 3 heteroatoms. The molecular weight excluding hydrogens is 164 g/mol. The van der Waals surface area contributed by atoms with Gasteiger partial charge < -0.3 is 0 Å². The van der Waals surface area contributed by atoms with Gasteiger partial charge in [0.05, 0.1) is 21.2 Å². The van der Waals surface area contributed by atoms with Crippen molar-refractivity contribution in [3.63, 3.8) is 0 Å². The van der Waals surface area contributed by atoms with Crippen LogP contribution < -0.4 is 0 Å². The first-order valence-electron chi connectivity index (χ1n) is 2.95. The van der Waals surface area contributed by atoms with Crippen molar-refractivity contribution in [2.24, 2.45) is 5.92 Å². The molecule has 56 valence electrons. The van der Waals surface area contributed by atoms with E-state index in [1.54, 1.807) is 0 Å². The van der Waals surface area contributed by atoms with Crippen LogP contribution in [0.5, 0.6) is 0 Å². The molecule has 0 N–H and O–H groups in total. The van der Waals surface area contributed by atoms with Gasteiger partial charge in [-0.25, -0.2) is 4.21 Å². The minimum atomic E-state index is 0.320. The predicted octanol–water partition coefficient (Wildman–Crippen LogP) is 1.35. The minimum Gasteiger partial charge on any atom is -0.212 e. The van der Waals surface area contributed by atoms with Gasteiger partial charge in [0.1, 0.15) is 0 Å². The van der Waals surface area contributed by atoms with Crippen molar-refractivity contribution in [3.05, 3.63) is 0 Å². The normalized spacial score (nSPS) is 9.00. The van der Waals surface area contributed by atoms with Crippen LogP contribution in [0, 0.1) is 18.3 Å². The van der Waals surface area contributed by atoms with E-state index in [0.717, 1.165) is 4.20 Å². The van der Waals surface area contributed by atoms with Crippen molar-refractivity contribution >= 4 is 27.2 Å². The third kappa shape index (κ3) is 3.76. The van der Waals surface area contributed by atoms with E-state index < -0.39 is 0 Å². The summed E-state index contributed by atoms with van der Waals surface area (Å²) in [6.07, 6.45) is 5.04. The zero-order chi connectivity index (χ0) is 7.98. The average molecular weight is 174 g/mol. The smallest absolute Gasteiger partial charge is 0.0993 e. The molecule has 0 amide bonds. The van der Waals surface area contributed by atoms with Crippen LogP contribution in [0.25, 0.3) is 0 Å². The first kappa shape index (κ1) is 9.80. The Labute approximate surface area is 69.7 Å². The van der Waals surface area contributed by atoms with E-state index in [-0.39, 0.29) is 0 Å². The van der Waals surface area contributed by atoms with E-state index in [1.807, 2.05) is 13.8 Å². The lowest BCUT2D eigenvalue weighted by molar-refractivity contribution is 0.700. The molecule has 0 radical (unpaired) electrons. The van der Waals surface area contributed by atoms with Crippen LogP contribution in [0.4, 0.5) is 0 Å². The molecule has 10 heavy (non-hydrogen) atoms. The SMILES string of the molecule is C#CCSC(=S=O)C(C)C. The van der Waals surface area contributed by atoms with Gasteiger partial charge >= 0.3 is 0 Å². The van der Waals surface area contributed by atoms with E-state index in [4.69, 9.17) is 6.42 Å². The molecule has 0 rings (SSSR count). The monoisotopic (exact) mass is 174 g/mol. The second kappa shape index (κ2) is 5.57. The molecule has 0 aliphatic heterocycles. The topological polar surface area (TPSA) is 17.1 Å². The Kier molecular flexibility index (Phi) is 5.46. The molecule has 0 aromatic heterocycles. The molecular formula is C7H10OS2. The molecule has 0 fully saturated rings. The minimum absolute atomic E-state index is 0.320. The van der Waals surface area contributed by atoms with E-state index in [2.05, 4.69) is 5.92 Å². The van der Waals surface area contributed by atoms with Gasteiger partial charge in [-0.15, -0.1) is 18.2 Å². The second-order valence-electron chi connectivity index (χ2n) is 2.05. The number of terminal acetylenes is 1. The van der Waals surface area contributed by atoms with Crippen molar-refractivity contribution in [2.75, 3.05) is 5.75 Å². The third-order valence-corrected chi connectivity index (χ3v) is 3.11. The highest BCUT2D eigenvalue weighted by Gasteiger charge is 2.02. The van der Waals surface area contributed by atoms with Crippen molar-refractivity contribution in [2.45, 2.75) is 13.8 Å². The third-order valence-electron chi connectivity index (χ3n) is 0.851. The van der Waals surface area contributed by atoms with Crippen LogP contribution in [0.1, 0.15) is 13.8 Å². The standard InChI is InChI=1S/C7H10OS2/c1-4-5-9-7(10-8)6(2)3/h1,6H,5H2,2-3H3. The molecule has 0 saturated heterocycles. The number of hydrogen-bond acceptors (Lipinski definition) is 2. The summed E-state index contributed by atoms with van der Waals surface area (Å²) in [7, 11) is 0. The molecule has 0 aliphatic rings. The maximum absolute atomic E-state index is 10.4. The van der Waals surface area contributed by atoms with Crippen LogP contribution >= 0.6 is 11.8 Å². The van der Waals surface area contributed by atoms with Gasteiger partial charge in [0.25, 0.3) is 0 Å². The Morgan fingerprint density at radius 1 is 1.70 bits per heavy atom. The fourth-order valence-corrected chi connectivity index (χ4v) is 1.52. The Balaban J connectivity index is 3.89. The molecule has 0 aliphatic carbocycles.